The SMILES string of the molecule is CCOC(=O)c1nnc(-c2ccc([N+](=O)[O-])cc2Cl)o1. The molecule has 9 heteroatoms. The van der Waals surface area contributed by atoms with Crippen molar-refractivity contribution in [2.45, 2.75) is 6.92 Å². The lowest BCUT2D eigenvalue weighted by atomic mass is 10.2. The van der Waals surface area contributed by atoms with Crippen LogP contribution < -0.4 is 0 Å². The average molecular weight is 298 g/mol. The molecule has 8 nitrogen and oxygen atoms in total. The summed E-state index contributed by atoms with van der Waals surface area (Å²) in [5.41, 5.74) is 0.129. The van der Waals surface area contributed by atoms with Crippen LogP contribution in [0.4, 0.5) is 5.69 Å². The van der Waals surface area contributed by atoms with Crippen LogP contribution in [-0.4, -0.2) is 27.7 Å². The molecule has 0 saturated carbocycles. The molecule has 0 radical (unpaired) electrons. The second-order valence-electron chi connectivity index (χ2n) is 3.55. The summed E-state index contributed by atoms with van der Waals surface area (Å²) >= 11 is 5.91. The fourth-order valence-corrected chi connectivity index (χ4v) is 1.65. The van der Waals surface area contributed by atoms with Gasteiger partial charge in [-0.25, -0.2) is 4.79 Å². The second kappa shape index (κ2) is 5.66. The highest BCUT2D eigenvalue weighted by atomic mass is 35.5. The van der Waals surface area contributed by atoms with Gasteiger partial charge in [0.2, 0.25) is 5.89 Å². The van der Waals surface area contributed by atoms with E-state index in [1.54, 1.807) is 6.92 Å². The van der Waals surface area contributed by atoms with Gasteiger partial charge in [-0.2, -0.15) is 0 Å². The van der Waals surface area contributed by atoms with Crippen LogP contribution in [0.2, 0.25) is 5.02 Å². The zero-order chi connectivity index (χ0) is 14.7. The molecule has 20 heavy (non-hydrogen) atoms. The predicted octanol–water partition coefficient (Wildman–Crippen LogP) is 2.47. The summed E-state index contributed by atoms with van der Waals surface area (Å²) < 4.78 is 9.81. The first-order valence-electron chi connectivity index (χ1n) is 5.48. The maximum Gasteiger partial charge on any atom is 0.396 e. The monoisotopic (exact) mass is 297 g/mol. The second-order valence-corrected chi connectivity index (χ2v) is 3.96. The van der Waals surface area contributed by atoms with E-state index in [0.29, 0.717) is 5.56 Å². The van der Waals surface area contributed by atoms with E-state index in [2.05, 4.69) is 10.2 Å². The number of esters is 1. The lowest BCUT2D eigenvalue weighted by Gasteiger charge is -1.98. The molecule has 1 aromatic carbocycles. The van der Waals surface area contributed by atoms with Crippen molar-refractivity contribution in [3.05, 3.63) is 39.2 Å². The topological polar surface area (TPSA) is 108 Å². The van der Waals surface area contributed by atoms with Crippen LogP contribution in [0.3, 0.4) is 0 Å². The number of nitro groups is 1. The van der Waals surface area contributed by atoms with E-state index in [-0.39, 0.29) is 29.1 Å². The van der Waals surface area contributed by atoms with Crippen molar-refractivity contribution < 1.29 is 18.9 Å². The Kier molecular flexibility index (Phi) is 3.94. The number of rotatable bonds is 4. The van der Waals surface area contributed by atoms with Gasteiger partial charge in [-0.15, -0.1) is 10.2 Å². The van der Waals surface area contributed by atoms with Crippen molar-refractivity contribution in [2.24, 2.45) is 0 Å². The number of hydrogen-bond donors (Lipinski definition) is 0. The highest BCUT2D eigenvalue weighted by Crippen LogP contribution is 2.30. The molecule has 0 unspecified atom stereocenters. The third-order valence-electron chi connectivity index (χ3n) is 2.27. The third-order valence-corrected chi connectivity index (χ3v) is 2.58. The summed E-state index contributed by atoms with van der Waals surface area (Å²) in [5.74, 6) is -1.08. The lowest BCUT2D eigenvalue weighted by molar-refractivity contribution is -0.384. The summed E-state index contributed by atoms with van der Waals surface area (Å²) in [7, 11) is 0. The summed E-state index contributed by atoms with van der Waals surface area (Å²) in [4.78, 5) is 21.4. The number of aromatic nitrogens is 2. The molecule has 0 amide bonds. The van der Waals surface area contributed by atoms with Gasteiger partial charge in [0.15, 0.2) is 0 Å². The van der Waals surface area contributed by atoms with Crippen LogP contribution in [0.1, 0.15) is 17.6 Å². The Morgan fingerprint density at radius 1 is 1.50 bits per heavy atom. The summed E-state index contributed by atoms with van der Waals surface area (Å²) in [6.07, 6.45) is 0. The molecule has 2 aromatic rings. The molecule has 0 bridgehead atoms. The molecule has 0 aliphatic carbocycles. The van der Waals surface area contributed by atoms with E-state index in [9.17, 15) is 14.9 Å². The molecule has 0 aliphatic rings. The van der Waals surface area contributed by atoms with Crippen molar-refractivity contribution in [1.82, 2.24) is 10.2 Å². The highest BCUT2D eigenvalue weighted by molar-refractivity contribution is 6.33. The molecule has 1 aromatic heterocycles. The Bertz CT molecular complexity index is 670. The van der Waals surface area contributed by atoms with Crippen molar-refractivity contribution in [1.29, 1.82) is 0 Å². The Hall–Kier alpha value is -2.48. The zero-order valence-electron chi connectivity index (χ0n) is 10.2. The Labute approximate surface area is 117 Å². The van der Waals surface area contributed by atoms with E-state index >= 15 is 0 Å². The number of ether oxygens (including phenoxy) is 1. The van der Waals surface area contributed by atoms with Crippen molar-refractivity contribution in [3.8, 4) is 11.5 Å². The van der Waals surface area contributed by atoms with E-state index in [1.165, 1.54) is 12.1 Å². The first-order valence-corrected chi connectivity index (χ1v) is 5.85. The molecule has 0 spiro atoms. The average Bonchev–Trinajstić information content (AvgIpc) is 2.88. The maximum atomic E-state index is 11.4. The van der Waals surface area contributed by atoms with Gasteiger partial charge in [0.05, 0.1) is 22.1 Å². The molecule has 104 valence electrons. The fourth-order valence-electron chi connectivity index (χ4n) is 1.40. The minimum atomic E-state index is -0.746. The van der Waals surface area contributed by atoms with E-state index in [1.807, 2.05) is 0 Å². The summed E-state index contributed by atoms with van der Waals surface area (Å²) in [6.45, 7) is 1.82. The molecule has 0 fully saturated rings. The van der Waals surface area contributed by atoms with Crippen LogP contribution in [0.25, 0.3) is 11.5 Å². The van der Waals surface area contributed by atoms with Crippen LogP contribution in [0.5, 0.6) is 0 Å². The normalized spacial score (nSPS) is 10.3. The van der Waals surface area contributed by atoms with E-state index < -0.39 is 10.9 Å². The molecule has 0 aliphatic heterocycles. The van der Waals surface area contributed by atoms with Gasteiger partial charge < -0.3 is 9.15 Å². The van der Waals surface area contributed by atoms with Crippen molar-refractivity contribution in [2.75, 3.05) is 6.61 Å². The van der Waals surface area contributed by atoms with E-state index in [4.69, 9.17) is 20.8 Å². The lowest BCUT2D eigenvalue weighted by Crippen LogP contribution is -2.04. The van der Waals surface area contributed by atoms with Crippen molar-refractivity contribution >= 4 is 23.3 Å². The number of nitrogens with zero attached hydrogens (tertiary/aromatic N) is 3. The maximum absolute atomic E-state index is 11.4. The first-order chi connectivity index (χ1) is 9.52. The van der Waals surface area contributed by atoms with Gasteiger partial charge in [-0.3, -0.25) is 10.1 Å². The minimum Gasteiger partial charge on any atom is -0.459 e. The minimum absolute atomic E-state index is 0.0204. The van der Waals surface area contributed by atoms with Gasteiger partial charge in [0, 0.05) is 12.1 Å². The Balaban J connectivity index is 2.33. The zero-order valence-corrected chi connectivity index (χ0v) is 11.0. The van der Waals surface area contributed by atoms with Gasteiger partial charge in [-0.05, 0) is 13.0 Å². The molecule has 1 heterocycles. The van der Waals surface area contributed by atoms with Crippen molar-refractivity contribution in [3.63, 3.8) is 0 Å². The number of benzene rings is 1. The molecule has 0 saturated heterocycles. The summed E-state index contributed by atoms with van der Waals surface area (Å²) in [6, 6.07) is 3.77. The fraction of sp³-hybridized carbons (Fsp3) is 0.182. The van der Waals surface area contributed by atoms with Gasteiger partial charge in [-0.1, -0.05) is 11.6 Å². The molecular formula is C11H8ClN3O5. The van der Waals surface area contributed by atoms with Gasteiger partial charge in [0.1, 0.15) is 0 Å². The number of hydrogen-bond acceptors (Lipinski definition) is 7. The number of carbonyl (C=O) groups is 1. The molecule has 2 rings (SSSR count). The van der Waals surface area contributed by atoms with Crippen LogP contribution in [0.15, 0.2) is 22.6 Å². The standard InChI is InChI=1S/C11H8ClN3O5/c1-2-19-11(16)10-14-13-9(20-10)7-4-3-6(15(17)18)5-8(7)12/h3-5H,2H2,1H3. The quantitative estimate of drug-likeness (QED) is 0.484. The molecular weight excluding hydrogens is 290 g/mol. The third kappa shape index (κ3) is 2.75. The highest BCUT2D eigenvalue weighted by Gasteiger charge is 2.19. The van der Waals surface area contributed by atoms with Crippen LogP contribution in [0, 0.1) is 10.1 Å². The first kappa shape index (κ1) is 13.9. The Morgan fingerprint density at radius 3 is 2.85 bits per heavy atom. The van der Waals surface area contributed by atoms with Crippen LogP contribution in [-0.2, 0) is 4.74 Å². The predicted molar refractivity (Wildman–Crippen MR) is 67.4 cm³/mol. The molecule has 0 N–H and O–H groups in total. The molecule has 0 atom stereocenters. The number of non-ortho nitro benzene ring substituents is 1. The number of carbonyl (C=O) groups excluding carboxylic acids is 1. The largest absolute Gasteiger partial charge is 0.459 e. The van der Waals surface area contributed by atoms with E-state index in [0.717, 1.165) is 6.07 Å². The Morgan fingerprint density at radius 2 is 2.25 bits per heavy atom. The van der Waals surface area contributed by atoms with Crippen LogP contribution >= 0.6 is 11.6 Å². The van der Waals surface area contributed by atoms with Gasteiger partial charge >= 0.3 is 11.9 Å². The number of nitro benzene ring substituents is 1. The summed E-state index contributed by atoms with van der Waals surface area (Å²) in [5, 5.41) is 17.8. The smallest absolute Gasteiger partial charge is 0.396 e. The number of halogens is 1. The van der Waals surface area contributed by atoms with Gasteiger partial charge in [0.25, 0.3) is 5.69 Å².